The average molecular weight is 324 g/mol. The van der Waals surface area contributed by atoms with E-state index in [4.69, 9.17) is 15.4 Å². The monoisotopic (exact) mass is 323 g/mol. The summed E-state index contributed by atoms with van der Waals surface area (Å²) in [4.78, 5) is 13.4. The van der Waals surface area contributed by atoms with Gasteiger partial charge in [-0.1, -0.05) is 6.92 Å². The second-order valence-corrected chi connectivity index (χ2v) is 6.75. The highest BCUT2D eigenvalue weighted by Gasteiger charge is 2.29. The number of hydrogen-bond acceptors (Lipinski definition) is 5. The summed E-state index contributed by atoms with van der Waals surface area (Å²) in [5.74, 6) is -0.490. The summed E-state index contributed by atoms with van der Waals surface area (Å²) in [5, 5.41) is 6.34. The van der Waals surface area contributed by atoms with Gasteiger partial charge in [0, 0.05) is 38.0 Å². The number of aromatic amines is 1. The molecule has 0 unspecified atom stereocenters. The molecule has 0 aliphatic carbocycles. The molecule has 1 amide bonds. The van der Waals surface area contributed by atoms with Crippen LogP contribution in [0.2, 0.25) is 0 Å². The van der Waals surface area contributed by atoms with Gasteiger partial charge in [-0.15, -0.1) is 0 Å². The van der Waals surface area contributed by atoms with E-state index in [1.54, 1.807) is 21.1 Å². The van der Waals surface area contributed by atoms with Crippen LogP contribution in [0.3, 0.4) is 0 Å². The molecule has 0 aliphatic rings. The molecule has 1 heterocycles. The number of nitrogens with zero attached hydrogens (tertiary/aromatic N) is 2. The molecule has 1 aromatic rings. The van der Waals surface area contributed by atoms with Crippen LogP contribution >= 0.6 is 10.7 Å². The summed E-state index contributed by atoms with van der Waals surface area (Å²) < 4.78 is 28.1. The fraction of sp³-hybridized carbons (Fsp3) is 0.636. The number of methoxy groups -OCH3 is 1. The lowest BCUT2D eigenvalue weighted by molar-refractivity contribution is 0.0770. The number of carbonyl (C=O) groups is 1. The SMILES string of the molecule is CCc1[nH]nc(C(=O)N(C)CCCOC)c1S(=O)(=O)Cl. The number of halogens is 1. The first-order valence-electron chi connectivity index (χ1n) is 6.09. The minimum atomic E-state index is -4.03. The Bertz CT molecular complexity index is 570. The maximum atomic E-state index is 12.2. The summed E-state index contributed by atoms with van der Waals surface area (Å²) in [6.07, 6.45) is 1.03. The summed E-state index contributed by atoms with van der Waals surface area (Å²) in [6.45, 7) is 2.69. The number of ether oxygens (including phenoxy) is 1. The molecule has 0 spiro atoms. The Labute approximate surface area is 122 Å². The van der Waals surface area contributed by atoms with Crippen LogP contribution in [0.25, 0.3) is 0 Å². The lowest BCUT2D eigenvalue weighted by Crippen LogP contribution is -2.29. The lowest BCUT2D eigenvalue weighted by Gasteiger charge is -2.15. The number of amides is 1. The van der Waals surface area contributed by atoms with E-state index in [9.17, 15) is 13.2 Å². The van der Waals surface area contributed by atoms with Crippen molar-refractivity contribution in [1.82, 2.24) is 15.1 Å². The zero-order chi connectivity index (χ0) is 15.3. The second-order valence-electron chi connectivity index (χ2n) is 4.24. The molecular formula is C11H18ClN3O4S. The standard InChI is InChI=1S/C11H18ClN3O4S/c1-4-8-10(20(12,17)18)9(14-13-8)11(16)15(2)6-5-7-19-3/h4-7H2,1-3H3,(H,13,14). The van der Waals surface area contributed by atoms with E-state index in [0.717, 1.165) is 0 Å². The van der Waals surface area contributed by atoms with E-state index < -0.39 is 15.0 Å². The first-order chi connectivity index (χ1) is 9.32. The number of nitrogens with one attached hydrogen (secondary N) is 1. The second kappa shape index (κ2) is 7.05. The Morgan fingerprint density at radius 2 is 2.15 bits per heavy atom. The van der Waals surface area contributed by atoms with Crippen LogP contribution < -0.4 is 0 Å². The van der Waals surface area contributed by atoms with Crippen molar-refractivity contribution in [3.05, 3.63) is 11.4 Å². The van der Waals surface area contributed by atoms with Crippen LogP contribution in [0.5, 0.6) is 0 Å². The third kappa shape index (κ3) is 3.94. The van der Waals surface area contributed by atoms with Crippen molar-refractivity contribution in [1.29, 1.82) is 0 Å². The highest BCUT2D eigenvalue weighted by atomic mass is 35.7. The lowest BCUT2D eigenvalue weighted by atomic mass is 10.2. The molecule has 0 bridgehead atoms. The Kier molecular flexibility index (Phi) is 5.97. The van der Waals surface area contributed by atoms with E-state index in [1.165, 1.54) is 4.90 Å². The van der Waals surface area contributed by atoms with Crippen molar-refractivity contribution < 1.29 is 17.9 Å². The number of aromatic nitrogens is 2. The predicted octanol–water partition coefficient (Wildman–Crippen LogP) is 1.01. The summed E-state index contributed by atoms with van der Waals surface area (Å²) in [7, 11) is 4.50. The molecule has 1 N–H and O–H groups in total. The fourth-order valence-corrected chi connectivity index (χ4v) is 3.09. The minimum Gasteiger partial charge on any atom is -0.385 e. The number of hydrogen-bond donors (Lipinski definition) is 1. The van der Waals surface area contributed by atoms with E-state index in [1.807, 2.05) is 0 Å². The van der Waals surface area contributed by atoms with Gasteiger partial charge in [-0.2, -0.15) is 5.10 Å². The molecule has 20 heavy (non-hydrogen) atoms. The van der Waals surface area contributed by atoms with Crippen molar-refractivity contribution in [3.8, 4) is 0 Å². The highest BCUT2D eigenvalue weighted by molar-refractivity contribution is 8.13. The van der Waals surface area contributed by atoms with Gasteiger partial charge in [0.1, 0.15) is 4.90 Å². The molecule has 0 aromatic carbocycles. The van der Waals surface area contributed by atoms with Gasteiger partial charge in [0.25, 0.3) is 15.0 Å². The van der Waals surface area contributed by atoms with Gasteiger partial charge in [-0.05, 0) is 12.8 Å². The molecule has 0 saturated heterocycles. The van der Waals surface area contributed by atoms with Gasteiger partial charge in [-0.25, -0.2) is 8.42 Å². The Morgan fingerprint density at radius 1 is 1.50 bits per heavy atom. The average Bonchev–Trinajstić information content (AvgIpc) is 2.81. The zero-order valence-corrected chi connectivity index (χ0v) is 13.2. The summed E-state index contributed by atoms with van der Waals surface area (Å²) in [5.41, 5.74) is 0.158. The maximum Gasteiger partial charge on any atom is 0.275 e. The van der Waals surface area contributed by atoms with E-state index in [-0.39, 0.29) is 10.6 Å². The number of aryl methyl sites for hydroxylation is 1. The molecule has 1 rings (SSSR count). The smallest absolute Gasteiger partial charge is 0.275 e. The van der Waals surface area contributed by atoms with Gasteiger partial charge in [-0.3, -0.25) is 9.89 Å². The van der Waals surface area contributed by atoms with Crippen molar-refractivity contribution in [2.75, 3.05) is 27.3 Å². The minimum absolute atomic E-state index is 0.170. The first kappa shape index (κ1) is 16.9. The Hall–Kier alpha value is -1.12. The predicted molar refractivity (Wildman–Crippen MR) is 74.5 cm³/mol. The van der Waals surface area contributed by atoms with Crippen LogP contribution in [0, 0.1) is 0 Å². The largest absolute Gasteiger partial charge is 0.385 e. The van der Waals surface area contributed by atoms with E-state index in [0.29, 0.717) is 31.7 Å². The van der Waals surface area contributed by atoms with Crippen LogP contribution in [0.4, 0.5) is 0 Å². The Balaban J connectivity index is 3.02. The highest BCUT2D eigenvalue weighted by Crippen LogP contribution is 2.23. The van der Waals surface area contributed by atoms with E-state index >= 15 is 0 Å². The third-order valence-corrected chi connectivity index (χ3v) is 4.17. The summed E-state index contributed by atoms with van der Waals surface area (Å²) in [6, 6.07) is 0. The van der Waals surface area contributed by atoms with Gasteiger partial charge < -0.3 is 9.64 Å². The molecule has 0 aliphatic heterocycles. The number of rotatable bonds is 7. The quantitative estimate of drug-likeness (QED) is 0.597. The van der Waals surface area contributed by atoms with Crippen LogP contribution in [-0.4, -0.2) is 56.7 Å². The first-order valence-corrected chi connectivity index (χ1v) is 8.40. The Morgan fingerprint density at radius 3 is 2.65 bits per heavy atom. The maximum absolute atomic E-state index is 12.2. The molecule has 114 valence electrons. The molecule has 0 atom stereocenters. The van der Waals surface area contributed by atoms with E-state index in [2.05, 4.69) is 10.2 Å². The van der Waals surface area contributed by atoms with Crippen molar-refractivity contribution in [3.63, 3.8) is 0 Å². The van der Waals surface area contributed by atoms with Crippen LogP contribution in [0.15, 0.2) is 4.90 Å². The molecule has 0 radical (unpaired) electrons. The van der Waals surface area contributed by atoms with Gasteiger partial charge in [0.15, 0.2) is 5.69 Å². The van der Waals surface area contributed by atoms with Crippen molar-refractivity contribution in [2.45, 2.75) is 24.7 Å². The van der Waals surface area contributed by atoms with Crippen LogP contribution in [-0.2, 0) is 20.2 Å². The zero-order valence-electron chi connectivity index (χ0n) is 11.6. The molecular weight excluding hydrogens is 306 g/mol. The topological polar surface area (TPSA) is 92.4 Å². The molecule has 0 saturated carbocycles. The third-order valence-electron chi connectivity index (χ3n) is 2.78. The fourth-order valence-electron chi connectivity index (χ4n) is 1.74. The van der Waals surface area contributed by atoms with Gasteiger partial charge in [0.05, 0.1) is 5.69 Å². The summed E-state index contributed by atoms with van der Waals surface area (Å²) >= 11 is 0. The molecule has 9 heteroatoms. The number of carbonyl (C=O) groups excluding carboxylic acids is 1. The molecule has 0 fully saturated rings. The molecule has 1 aromatic heterocycles. The van der Waals surface area contributed by atoms with Gasteiger partial charge >= 0.3 is 0 Å². The van der Waals surface area contributed by atoms with Crippen molar-refractivity contribution >= 4 is 25.6 Å². The number of H-pyrrole nitrogens is 1. The normalized spacial score (nSPS) is 11.6. The van der Waals surface area contributed by atoms with Crippen molar-refractivity contribution in [2.24, 2.45) is 0 Å². The molecule has 7 nitrogen and oxygen atoms in total. The van der Waals surface area contributed by atoms with Crippen LogP contribution in [0.1, 0.15) is 29.5 Å². The van der Waals surface area contributed by atoms with Gasteiger partial charge in [0.2, 0.25) is 0 Å².